The lowest BCUT2D eigenvalue weighted by Crippen LogP contribution is -2.50. The van der Waals surface area contributed by atoms with Crippen molar-refractivity contribution in [2.24, 2.45) is 0 Å². The van der Waals surface area contributed by atoms with Crippen molar-refractivity contribution < 1.29 is 14.3 Å². The molecule has 0 bridgehead atoms. The van der Waals surface area contributed by atoms with Gasteiger partial charge in [-0.05, 0) is 24.1 Å². The minimum atomic E-state index is 0.0849. The van der Waals surface area contributed by atoms with Gasteiger partial charge >= 0.3 is 0 Å². The van der Waals surface area contributed by atoms with Gasteiger partial charge in [0.1, 0.15) is 0 Å². The maximum absolute atomic E-state index is 11.9. The Balaban J connectivity index is 1.74. The summed E-state index contributed by atoms with van der Waals surface area (Å²) in [4.78, 5) is 11.9. The molecule has 1 atom stereocenters. The first-order chi connectivity index (χ1) is 10.7. The van der Waals surface area contributed by atoms with Gasteiger partial charge in [-0.1, -0.05) is 6.07 Å². The third kappa shape index (κ3) is 4.89. The molecule has 22 heavy (non-hydrogen) atoms. The Kier molecular flexibility index (Phi) is 6.48. The van der Waals surface area contributed by atoms with Crippen LogP contribution in [0.4, 0.5) is 0 Å². The second-order valence-electron chi connectivity index (χ2n) is 5.35. The number of ether oxygens (including phenoxy) is 2. The third-order valence-corrected chi connectivity index (χ3v) is 3.74. The summed E-state index contributed by atoms with van der Waals surface area (Å²) in [6, 6.07) is 6.04. The van der Waals surface area contributed by atoms with Crippen molar-refractivity contribution in [1.82, 2.24) is 16.0 Å². The lowest BCUT2D eigenvalue weighted by atomic mass is 10.1. The standard InChI is InChI=1S/C16H25N3O3/c1-21-14-4-3-12(9-15(14)22-2)5-6-19-16(20)10-13-11-17-7-8-18-13/h3-4,9,13,17-18H,5-8,10-11H2,1-2H3,(H,19,20). The van der Waals surface area contributed by atoms with E-state index in [0.29, 0.717) is 24.5 Å². The summed E-state index contributed by atoms with van der Waals surface area (Å²) in [7, 11) is 3.24. The van der Waals surface area contributed by atoms with Crippen molar-refractivity contribution in [1.29, 1.82) is 0 Å². The summed E-state index contributed by atoms with van der Waals surface area (Å²) in [5, 5.41) is 9.58. The van der Waals surface area contributed by atoms with Crippen LogP contribution < -0.4 is 25.4 Å². The van der Waals surface area contributed by atoms with E-state index in [1.807, 2.05) is 18.2 Å². The smallest absolute Gasteiger partial charge is 0.221 e. The maximum atomic E-state index is 11.9. The molecule has 0 spiro atoms. The lowest BCUT2D eigenvalue weighted by Gasteiger charge is -2.23. The predicted molar refractivity (Wildman–Crippen MR) is 85.5 cm³/mol. The molecule has 0 saturated carbocycles. The summed E-state index contributed by atoms with van der Waals surface area (Å²) in [5.41, 5.74) is 1.11. The lowest BCUT2D eigenvalue weighted by molar-refractivity contribution is -0.121. The van der Waals surface area contributed by atoms with E-state index in [-0.39, 0.29) is 11.9 Å². The van der Waals surface area contributed by atoms with Crippen molar-refractivity contribution in [3.05, 3.63) is 23.8 Å². The highest BCUT2D eigenvalue weighted by molar-refractivity contribution is 5.76. The normalized spacial score (nSPS) is 17.8. The molecule has 1 amide bonds. The number of rotatable bonds is 7. The van der Waals surface area contributed by atoms with Crippen molar-refractivity contribution in [3.63, 3.8) is 0 Å². The van der Waals surface area contributed by atoms with Crippen LogP contribution in [-0.2, 0) is 11.2 Å². The van der Waals surface area contributed by atoms with E-state index in [1.165, 1.54) is 0 Å². The van der Waals surface area contributed by atoms with Gasteiger partial charge < -0.3 is 25.4 Å². The van der Waals surface area contributed by atoms with Gasteiger partial charge in [0, 0.05) is 38.6 Å². The second kappa shape index (κ2) is 8.60. The van der Waals surface area contributed by atoms with Crippen LogP contribution in [0.25, 0.3) is 0 Å². The van der Waals surface area contributed by atoms with Gasteiger partial charge in [0.15, 0.2) is 11.5 Å². The number of carbonyl (C=O) groups is 1. The molecule has 6 nitrogen and oxygen atoms in total. The van der Waals surface area contributed by atoms with E-state index < -0.39 is 0 Å². The first-order valence-corrected chi connectivity index (χ1v) is 7.64. The van der Waals surface area contributed by atoms with E-state index in [2.05, 4.69) is 16.0 Å². The van der Waals surface area contributed by atoms with Crippen LogP contribution in [0.3, 0.4) is 0 Å². The van der Waals surface area contributed by atoms with E-state index in [9.17, 15) is 4.79 Å². The number of hydrogen-bond donors (Lipinski definition) is 3. The van der Waals surface area contributed by atoms with Gasteiger partial charge in [-0.25, -0.2) is 0 Å². The number of benzene rings is 1. The average molecular weight is 307 g/mol. The number of amides is 1. The molecule has 1 aliphatic rings. The van der Waals surface area contributed by atoms with Gasteiger partial charge in [0.25, 0.3) is 0 Å². The highest BCUT2D eigenvalue weighted by Crippen LogP contribution is 2.27. The van der Waals surface area contributed by atoms with Crippen LogP contribution >= 0.6 is 0 Å². The maximum Gasteiger partial charge on any atom is 0.221 e. The number of methoxy groups -OCH3 is 2. The summed E-state index contributed by atoms with van der Waals surface area (Å²) in [6.45, 7) is 3.36. The largest absolute Gasteiger partial charge is 0.493 e. The van der Waals surface area contributed by atoms with Gasteiger partial charge in [0.05, 0.1) is 14.2 Å². The van der Waals surface area contributed by atoms with E-state index in [4.69, 9.17) is 9.47 Å². The molecule has 122 valence electrons. The zero-order valence-electron chi connectivity index (χ0n) is 13.3. The topological polar surface area (TPSA) is 71.6 Å². The van der Waals surface area contributed by atoms with Crippen molar-refractivity contribution in [2.45, 2.75) is 18.9 Å². The molecule has 1 aliphatic heterocycles. The summed E-state index contributed by atoms with van der Waals surface area (Å²) in [5.74, 6) is 1.51. The number of piperazine rings is 1. The second-order valence-corrected chi connectivity index (χ2v) is 5.35. The van der Waals surface area contributed by atoms with Crippen molar-refractivity contribution in [3.8, 4) is 11.5 Å². The third-order valence-electron chi connectivity index (χ3n) is 3.74. The molecule has 1 unspecified atom stereocenters. The van der Waals surface area contributed by atoms with Crippen molar-refractivity contribution in [2.75, 3.05) is 40.4 Å². The first-order valence-electron chi connectivity index (χ1n) is 7.64. The van der Waals surface area contributed by atoms with Crippen LogP contribution in [0, 0.1) is 0 Å². The molecule has 0 aromatic heterocycles. The van der Waals surface area contributed by atoms with Gasteiger partial charge in [-0.2, -0.15) is 0 Å². The Morgan fingerprint density at radius 1 is 1.27 bits per heavy atom. The van der Waals surface area contributed by atoms with Crippen LogP contribution in [0.5, 0.6) is 11.5 Å². The molecular formula is C16H25N3O3. The Hall–Kier alpha value is -1.79. The fraction of sp³-hybridized carbons (Fsp3) is 0.562. The Bertz CT molecular complexity index is 488. The zero-order valence-corrected chi connectivity index (χ0v) is 13.3. The predicted octanol–water partition coefficient (Wildman–Crippen LogP) is 0.314. The SMILES string of the molecule is COc1ccc(CCNC(=O)CC2CNCCN2)cc1OC. The summed E-state index contributed by atoms with van der Waals surface area (Å²) < 4.78 is 10.5. The Morgan fingerprint density at radius 2 is 2.09 bits per heavy atom. The van der Waals surface area contributed by atoms with Crippen LogP contribution in [-0.4, -0.2) is 52.3 Å². The van der Waals surface area contributed by atoms with Gasteiger partial charge in [-0.3, -0.25) is 4.79 Å². The highest BCUT2D eigenvalue weighted by atomic mass is 16.5. The van der Waals surface area contributed by atoms with Gasteiger partial charge in [0.2, 0.25) is 5.91 Å². The average Bonchev–Trinajstić information content (AvgIpc) is 2.55. The molecule has 6 heteroatoms. The molecular weight excluding hydrogens is 282 g/mol. The zero-order chi connectivity index (χ0) is 15.8. The monoisotopic (exact) mass is 307 g/mol. The number of hydrogen-bond acceptors (Lipinski definition) is 5. The van der Waals surface area contributed by atoms with E-state index in [1.54, 1.807) is 14.2 Å². The van der Waals surface area contributed by atoms with Crippen LogP contribution in [0.2, 0.25) is 0 Å². The van der Waals surface area contributed by atoms with E-state index in [0.717, 1.165) is 31.6 Å². The molecule has 1 aromatic carbocycles. The quantitative estimate of drug-likeness (QED) is 0.676. The fourth-order valence-corrected chi connectivity index (χ4v) is 2.54. The number of carbonyl (C=O) groups excluding carboxylic acids is 1. The molecule has 1 fully saturated rings. The Labute approximate surface area is 131 Å². The van der Waals surface area contributed by atoms with Crippen LogP contribution in [0.15, 0.2) is 18.2 Å². The summed E-state index contributed by atoms with van der Waals surface area (Å²) in [6.07, 6.45) is 1.28. The van der Waals surface area contributed by atoms with Gasteiger partial charge in [-0.15, -0.1) is 0 Å². The molecule has 0 aliphatic carbocycles. The van der Waals surface area contributed by atoms with E-state index >= 15 is 0 Å². The minimum Gasteiger partial charge on any atom is -0.493 e. The molecule has 1 aromatic rings. The Morgan fingerprint density at radius 3 is 2.77 bits per heavy atom. The molecule has 1 saturated heterocycles. The molecule has 3 N–H and O–H groups in total. The van der Waals surface area contributed by atoms with Crippen LogP contribution in [0.1, 0.15) is 12.0 Å². The van der Waals surface area contributed by atoms with Crippen molar-refractivity contribution >= 4 is 5.91 Å². The minimum absolute atomic E-state index is 0.0849. The highest BCUT2D eigenvalue weighted by Gasteiger charge is 2.15. The number of nitrogens with one attached hydrogen (secondary N) is 3. The molecule has 1 heterocycles. The molecule has 0 radical (unpaired) electrons. The first kappa shape index (κ1) is 16.6. The fourth-order valence-electron chi connectivity index (χ4n) is 2.54. The summed E-state index contributed by atoms with van der Waals surface area (Å²) >= 11 is 0. The molecule has 2 rings (SSSR count).